The summed E-state index contributed by atoms with van der Waals surface area (Å²) < 4.78 is 12.9. The summed E-state index contributed by atoms with van der Waals surface area (Å²) in [5.74, 6) is 0.955. The van der Waals surface area contributed by atoms with E-state index in [0.717, 1.165) is 18.4 Å². The maximum absolute atomic E-state index is 12.9. The zero-order valence-electron chi connectivity index (χ0n) is 15.3. The molecule has 0 aliphatic heterocycles. The predicted octanol–water partition coefficient (Wildman–Crippen LogP) is 5.21. The number of carbonyl (C=O) groups is 1. The van der Waals surface area contributed by atoms with Crippen LogP contribution in [0.1, 0.15) is 54.5 Å². The Morgan fingerprint density at radius 2 is 1.85 bits per heavy atom. The van der Waals surface area contributed by atoms with Crippen LogP contribution >= 0.6 is 11.8 Å². The van der Waals surface area contributed by atoms with Gasteiger partial charge in [-0.15, -0.1) is 11.8 Å². The van der Waals surface area contributed by atoms with Crippen LogP contribution in [0.5, 0.6) is 0 Å². The molecule has 1 amide bonds. The van der Waals surface area contributed by atoms with E-state index in [1.807, 2.05) is 0 Å². The highest BCUT2D eigenvalue weighted by atomic mass is 32.2. The lowest BCUT2D eigenvalue weighted by Gasteiger charge is -2.21. The first-order valence-electron chi connectivity index (χ1n) is 9.39. The van der Waals surface area contributed by atoms with E-state index in [1.54, 1.807) is 23.9 Å². The minimum atomic E-state index is -0.229. The molecule has 1 aliphatic rings. The van der Waals surface area contributed by atoms with Gasteiger partial charge in [0.1, 0.15) is 5.82 Å². The van der Waals surface area contributed by atoms with Gasteiger partial charge in [0.05, 0.1) is 11.8 Å². The van der Waals surface area contributed by atoms with Crippen molar-refractivity contribution in [3.05, 3.63) is 70.5 Å². The van der Waals surface area contributed by atoms with Crippen molar-refractivity contribution < 1.29 is 9.18 Å². The van der Waals surface area contributed by atoms with Crippen molar-refractivity contribution in [3.63, 3.8) is 0 Å². The molecule has 2 aromatic rings. The lowest BCUT2D eigenvalue weighted by molar-refractivity contribution is -0.119. The molecule has 0 radical (unpaired) electrons. The van der Waals surface area contributed by atoms with Gasteiger partial charge >= 0.3 is 0 Å². The number of benzene rings is 2. The molecule has 2 aromatic carbocycles. The number of hydrogen-bond donors (Lipinski definition) is 1. The molecule has 0 bridgehead atoms. The molecule has 0 fully saturated rings. The third-order valence-corrected chi connectivity index (χ3v) is 5.94. The molecule has 4 heteroatoms. The van der Waals surface area contributed by atoms with Gasteiger partial charge in [0.2, 0.25) is 5.91 Å². The summed E-state index contributed by atoms with van der Waals surface area (Å²) in [6.07, 6.45) is 5.76. The van der Waals surface area contributed by atoms with E-state index in [9.17, 15) is 9.18 Å². The van der Waals surface area contributed by atoms with Crippen LogP contribution in [0, 0.1) is 5.82 Å². The summed E-state index contributed by atoms with van der Waals surface area (Å²) in [5, 5.41) is 3.17. The molecule has 3 rings (SSSR count). The first-order chi connectivity index (χ1) is 12.7. The number of nitrogens with one attached hydrogen (secondary N) is 1. The topological polar surface area (TPSA) is 29.1 Å². The molecule has 138 valence electrons. The standard InChI is InChI=1S/C22H26FNOS/c1-2-21(19-10-9-17-5-3-4-6-18(17)13-19)24-22(25)15-26-14-16-7-11-20(23)12-8-16/h7-13,21H,2-6,14-15H2,1H3,(H,24,25)/t21-/m0/s1. The molecule has 0 saturated carbocycles. The fraction of sp³-hybridized carbons (Fsp3) is 0.409. The largest absolute Gasteiger partial charge is 0.349 e. The summed E-state index contributed by atoms with van der Waals surface area (Å²) in [7, 11) is 0. The minimum absolute atomic E-state index is 0.0571. The van der Waals surface area contributed by atoms with Crippen LogP contribution < -0.4 is 5.32 Å². The first kappa shape index (κ1) is 19.0. The third kappa shape index (κ3) is 5.10. The maximum Gasteiger partial charge on any atom is 0.230 e. The second kappa shape index (κ2) is 9.22. The summed E-state index contributed by atoms with van der Waals surface area (Å²) in [6.45, 7) is 2.11. The van der Waals surface area contributed by atoms with Gasteiger partial charge in [0.25, 0.3) is 0 Å². The van der Waals surface area contributed by atoms with Crippen molar-refractivity contribution in [2.45, 2.75) is 50.8 Å². The average molecular weight is 372 g/mol. The zero-order chi connectivity index (χ0) is 18.4. The Bertz CT molecular complexity index is 744. The molecule has 0 saturated heterocycles. The molecule has 1 atom stereocenters. The highest BCUT2D eigenvalue weighted by molar-refractivity contribution is 7.99. The van der Waals surface area contributed by atoms with Crippen LogP contribution in [0.25, 0.3) is 0 Å². The SMILES string of the molecule is CC[C@H](NC(=O)CSCc1ccc(F)cc1)c1ccc2c(c1)CCCC2. The normalized spacial score (nSPS) is 14.5. The summed E-state index contributed by atoms with van der Waals surface area (Å²) >= 11 is 1.56. The predicted molar refractivity (Wildman–Crippen MR) is 107 cm³/mol. The number of fused-ring (bicyclic) bond motifs is 1. The number of aryl methyl sites for hydroxylation is 2. The molecular formula is C22H26FNOS. The number of hydrogen-bond acceptors (Lipinski definition) is 2. The van der Waals surface area contributed by atoms with Crippen LogP contribution in [0.3, 0.4) is 0 Å². The van der Waals surface area contributed by atoms with E-state index in [2.05, 4.69) is 30.4 Å². The van der Waals surface area contributed by atoms with Crippen LogP contribution in [-0.4, -0.2) is 11.7 Å². The number of rotatable bonds is 7. The molecule has 0 heterocycles. The van der Waals surface area contributed by atoms with Gasteiger partial charge in [-0.05, 0) is 66.5 Å². The molecule has 2 nitrogen and oxygen atoms in total. The Kier molecular flexibility index (Phi) is 6.73. The number of carbonyl (C=O) groups excluding carboxylic acids is 1. The van der Waals surface area contributed by atoms with Crippen molar-refractivity contribution in [2.75, 3.05) is 5.75 Å². The molecular weight excluding hydrogens is 345 g/mol. The number of thioether (sulfide) groups is 1. The third-order valence-electron chi connectivity index (χ3n) is 4.93. The van der Waals surface area contributed by atoms with Crippen LogP contribution in [0.15, 0.2) is 42.5 Å². The Morgan fingerprint density at radius 3 is 2.58 bits per heavy atom. The van der Waals surface area contributed by atoms with Crippen molar-refractivity contribution in [3.8, 4) is 0 Å². The van der Waals surface area contributed by atoms with Gasteiger partial charge in [-0.3, -0.25) is 4.79 Å². The van der Waals surface area contributed by atoms with Gasteiger partial charge < -0.3 is 5.32 Å². The quantitative estimate of drug-likeness (QED) is 0.724. The van der Waals surface area contributed by atoms with E-state index in [4.69, 9.17) is 0 Å². The Hall–Kier alpha value is -1.81. The fourth-order valence-corrected chi connectivity index (χ4v) is 4.27. The average Bonchev–Trinajstić information content (AvgIpc) is 2.67. The second-order valence-corrected chi connectivity index (χ2v) is 7.87. The van der Waals surface area contributed by atoms with Crippen molar-refractivity contribution >= 4 is 17.7 Å². The van der Waals surface area contributed by atoms with Gasteiger partial charge in [0, 0.05) is 5.75 Å². The molecule has 1 N–H and O–H groups in total. The van der Waals surface area contributed by atoms with E-state index < -0.39 is 0 Å². The van der Waals surface area contributed by atoms with Crippen LogP contribution in [0.4, 0.5) is 4.39 Å². The van der Waals surface area contributed by atoms with Gasteiger partial charge in [-0.1, -0.05) is 37.3 Å². The van der Waals surface area contributed by atoms with Gasteiger partial charge in [0.15, 0.2) is 0 Å². The fourth-order valence-electron chi connectivity index (χ4n) is 3.47. The first-order valence-corrected chi connectivity index (χ1v) is 10.5. The summed E-state index contributed by atoms with van der Waals surface area (Å²) in [4.78, 5) is 12.3. The smallest absolute Gasteiger partial charge is 0.230 e. The van der Waals surface area contributed by atoms with Crippen molar-refractivity contribution in [2.24, 2.45) is 0 Å². The van der Waals surface area contributed by atoms with Crippen LogP contribution in [0.2, 0.25) is 0 Å². The maximum atomic E-state index is 12.9. The monoisotopic (exact) mass is 371 g/mol. The van der Waals surface area contributed by atoms with E-state index >= 15 is 0 Å². The van der Waals surface area contributed by atoms with E-state index in [-0.39, 0.29) is 17.8 Å². The van der Waals surface area contributed by atoms with E-state index in [1.165, 1.54) is 48.1 Å². The Morgan fingerprint density at radius 1 is 1.12 bits per heavy atom. The number of amides is 1. The lowest BCUT2D eigenvalue weighted by Crippen LogP contribution is -2.29. The molecule has 26 heavy (non-hydrogen) atoms. The highest BCUT2D eigenvalue weighted by Gasteiger charge is 2.16. The summed E-state index contributed by atoms with van der Waals surface area (Å²) in [6, 6.07) is 13.2. The van der Waals surface area contributed by atoms with Crippen molar-refractivity contribution in [1.82, 2.24) is 5.32 Å². The Balaban J connectivity index is 1.52. The van der Waals surface area contributed by atoms with Crippen LogP contribution in [-0.2, 0) is 23.4 Å². The molecule has 0 spiro atoms. The molecule has 1 aliphatic carbocycles. The summed E-state index contributed by atoms with van der Waals surface area (Å²) in [5.41, 5.74) is 5.17. The Labute approximate surface area is 159 Å². The molecule has 0 aromatic heterocycles. The van der Waals surface area contributed by atoms with Crippen molar-refractivity contribution in [1.29, 1.82) is 0 Å². The second-order valence-electron chi connectivity index (χ2n) is 6.88. The molecule has 0 unspecified atom stereocenters. The highest BCUT2D eigenvalue weighted by Crippen LogP contribution is 2.26. The minimum Gasteiger partial charge on any atom is -0.349 e. The zero-order valence-corrected chi connectivity index (χ0v) is 16.1. The van der Waals surface area contributed by atoms with Gasteiger partial charge in [-0.2, -0.15) is 0 Å². The van der Waals surface area contributed by atoms with Gasteiger partial charge in [-0.25, -0.2) is 4.39 Å². The van der Waals surface area contributed by atoms with E-state index in [0.29, 0.717) is 11.5 Å². The number of halogens is 1. The lowest BCUT2D eigenvalue weighted by atomic mass is 9.89.